The summed E-state index contributed by atoms with van der Waals surface area (Å²) in [5, 5.41) is 4.91. The minimum atomic E-state index is -0.311. The molecule has 0 fully saturated rings. The van der Waals surface area contributed by atoms with Crippen LogP contribution in [-0.2, 0) is 20.7 Å². The lowest BCUT2D eigenvalue weighted by atomic mass is 10.3. The van der Waals surface area contributed by atoms with E-state index in [1.54, 1.807) is 18.4 Å². The predicted octanol–water partition coefficient (Wildman–Crippen LogP) is 2.15. The number of aromatic nitrogens is 1. The maximum Gasteiger partial charge on any atom is 0.311 e. The topological polar surface area (TPSA) is 68.3 Å². The number of amides is 1. The van der Waals surface area contributed by atoms with Gasteiger partial charge in [0.1, 0.15) is 0 Å². The minimum absolute atomic E-state index is 0.120. The Morgan fingerprint density at radius 2 is 2.33 bits per heavy atom. The summed E-state index contributed by atoms with van der Waals surface area (Å²) in [6, 6.07) is 0. The number of nitrogens with zero attached hydrogens (tertiary/aromatic N) is 1. The van der Waals surface area contributed by atoms with Gasteiger partial charge in [0, 0.05) is 11.8 Å². The Morgan fingerprint density at radius 1 is 1.56 bits per heavy atom. The average molecular weight is 268 g/mol. The number of carbonyl (C=O) groups excluding carboxylic acids is 2. The second-order valence-electron chi connectivity index (χ2n) is 3.45. The van der Waals surface area contributed by atoms with Crippen LogP contribution < -0.4 is 5.32 Å². The number of carbonyl (C=O) groups is 2. The average Bonchev–Trinajstić information content (AvgIpc) is 2.74. The van der Waals surface area contributed by atoms with Crippen LogP contribution in [0.4, 0.5) is 5.13 Å². The second kappa shape index (κ2) is 7.60. The van der Waals surface area contributed by atoms with E-state index >= 15 is 0 Å². The summed E-state index contributed by atoms with van der Waals surface area (Å²) in [6.45, 7) is 3.97. The molecule has 1 aromatic heterocycles. The smallest absolute Gasteiger partial charge is 0.311 e. The van der Waals surface area contributed by atoms with Gasteiger partial charge in [-0.05, 0) is 13.8 Å². The molecule has 1 N–H and O–H groups in total. The zero-order chi connectivity index (χ0) is 13.4. The summed E-state index contributed by atoms with van der Waals surface area (Å²) in [4.78, 5) is 26.8. The van der Waals surface area contributed by atoms with E-state index in [1.165, 1.54) is 11.3 Å². The van der Waals surface area contributed by atoms with Gasteiger partial charge in [-0.3, -0.25) is 9.59 Å². The Balaban J connectivity index is 2.47. The monoisotopic (exact) mass is 268 g/mol. The number of hydrogen-bond acceptors (Lipinski definition) is 5. The van der Waals surface area contributed by atoms with Crippen molar-refractivity contribution in [1.82, 2.24) is 4.98 Å². The first-order valence-electron chi connectivity index (χ1n) is 5.66. The third-order valence-electron chi connectivity index (χ3n) is 1.97. The number of thiazole rings is 1. The first-order valence-corrected chi connectivity index (χ1v) is 6.54. The Hall–Kier alpha value is -1.69. The molecule has 0 aliphatic carbocycles. The number of rotatable bonds is 6. The molecular formula is C12H16N2O3S. The van der Waals surface area contributed by atoms with Crippen LogP contribution >= 0.6 is 11.3 Å². The van der Waals surface area contributed by atoms with Crippen molar-refractivity contribution >= 4 is 28.3 Å². The molecule has 1 heterocycles. The molecule has 0 unspecified atom stereocenters. The fourth-order valence-electron chi connectivity index (χ4n) is 1.20. The van der Waals surface area contributed by atoms with Crippen LogP contribution in [0, 0.1) is 0 Å². The Labute approximate surface area is 110 Å². The van der Waals surface area contributed by atoms with E-state index in [0.717, 1.165) is 0 Å². The van der Waals surface area contributed by atoms with Gasteiger partial charge in [-0.25, -0.2) is 4.98 Å². The SMILES string of the molecule is C/C=C/CC(=O)Nc1nc(CC(=O)OCC)cs1. The van der Waals surface area contributed by atoms with Crippen molar-refractivity contribution in [1.29, 1.82) is 0 Å². The Bertz CT molecular complexity index is 440. The van der Waals surface area contributed by atoms with Crippen LogP contribution in [-0.4, -0.2) is 23.5 Å². The van der Waals surface area contributed by atoms with E-state index in [9.17, 15) is 9.59 Å². The lowest BCUT2D eigenvalue weighted by molar-refractivity contribution is -0.142. The molecule has 0 bridgehead atoms. The number of esters is 1. The summed E-state index contributed by atoms with van der Waals surface area (Å²) < 4.78 is 4.82. The van der Waals surface area contributed by atoms with E-state index in [1.807, 2.05) is 13.0 Å². The highest BCUT2D eigenvalue weighted by molar-refractivity contribution is 7.13. The highest BCUT2D eigenvalue weighted by Crippen LogP contribution is 2.16. The number of anilines is 1. The third kappa shape index (κ3) is 5.09. The van der Waals surface area contributed by atoms with Crippen LogP contribution in [0.25, 0.3) is 0 Å². The maximum atomic E-state index is 11.4. The van der Waals surface area contributed by atoms with Gasteiger partial charge in [0.25, 0.3) is 0 Å². The molecule has 18 heavy (non-hydrogen) atoms. The molecule has 0 atom stereocenters. The fourth-order valence-corrected chi connectivity index (χ4v) is 1.93. The van der Waals surface area contributed by atoms with Crippen LogP contribution in [0.5, 0.6) is 0 Å². The Morgan fingerprint density at radius 3 is 3.00 bits per heavy atom. The standard InChI is InChI=1S/C12H16N2O3S/c1-3-5-6-10(15)14-12-13-9(8-18-12)7-11(16)17-4-2/h3,5,8H,4,6-7H2,1-2H3,(H,13,14,15)/b5-3+. The van der Waals surface area contributed by atoms with Gasteiger partial charge in [-0.15, -0.1) is 11.3 Å². The van der Waals surface area contributed by atoms with Crippen LogP contribution in [0.2, 0.25) is 0 Å². The number of ether oxygens (including phenoxy) is 1. The fraction of sp³-hybridized carbons (Fsp3) is 0.417. The molecular weight excluding hydrogens is 252 g/mol. The van der Waals surface area contributed by atoms with Gasteiger partial charge in [-0.2, -0.15) is 0 Å². The predicted molar refractivity (Wildman–Crippen MR) is 70.5 cm³/mol. The van der Waals surface area contributed by atoms with E-state index < -0.39 is 0 Å². The van der Waals surface area contributed by atoms with E-state index in [4.69, 9.17) is 4.74 Å². The highest BCUT2D eigenvalue weighted by atomic mass is 32.1. The van der Waals surface area contributed by atoms with Gasteiger partial charge in [-0.1, -0.05) is 12.2 Å². The zero-order valence-corrected chi connectivity index (χ0v) is 11.3. The molecule has 1 rings (SSSR count). The summed E-state index contributed by atoms with van der Waals surface area (Å²) in [5.41, 5.74) is 0.611. The summed E-state index contributed by atoms with van der Waals surface area (Å²) in [5.74, 6) is -0.431. The lowest BCUT2D eigenvalue weighted by Gasteiger charge is -1.99. The Kier molecular flexibility index (Phi) is 6.07. The molecule has 5 nitrogen and oxygen atoms in total. The van der Waals surface area contributed by atoms with Crippen molar-refractivity contribution in [3.05, 3.63) is 23.2 Å². The molecule has 0 saturated heterocycles. The molecule has 0 radical (unpaired) electrons. The lowest BCUT2D eigenvalue weighted by Crippen LogP contribution is -2.10. The van der Waals surface area contributed by atoms with Gasteiger partial charge >= 0.3 is 5.97 Å². The van der Waals surface area contributed by atoms with Gasteiger partial charge in [0.2, 0.25) is 5.91 Å². The van der Waals surface area contributed by atoms with Gasteiger partial charge in [0.05, 0.1) is 18.7 Å². The zero-order valence-electron chi connectivity index (χ0n) is 10.4. The molecule has 0 aromatic carbocycles. The number of allylic oxidation sites excluding steroid dienone is 1. The number of hydrogen-bond donors (Lipinski definition) is 1. The first-order chi connectivity index (χ1) is 8.65. The van der Waals surface area contributed by atoms with Crippen molar-refractivity contribution in [3.63, 3.8) is 0 Å². The summed E-state index contributed by atoms with van der Waals surface area (Å²) in [7, 11) is 0. The first kappa shape index (κ1) is 14.4. The van der Waals surface area contributed by atoms with Crippen LogP contribution in [0.3, 0.4) is 0 Å². The van der Waals surface area contributed by atoms with Gasteiger partial charge in [0.15, 0.2) is 5.13 Å². The molecule has 0 aliphatic heterocycles. The molecule has 6 heteroatoms. The highest BCUT2D eigenvalue weighted by Gasteiger charge is 2.09. The molecule has 0 aliphatic rings. The van der Waals surface area contributed by atoms with E-state index in [-0.39, 0.29) is 18.3 Å². The third-order valence-corrected chi connectivity index (χ3v) is 2.77. The van der Waals surface area contributed by atoms with E-state index in [0.29, 0.717) is 23.9 Å². The van der Waals surface area contributed by atoms with Crippen molar-refractivity contribution < 1.29 is 14.3 Å². The molecule has 0 spiro atoms. The molecule has 0 saturated carbocycles. The van der Waals surface area contributed by atoms with Crippen molar-refractivity contribution in [2.24, 2.45) is 0 Å². The molecule has 98 valence electrons. The minimum Gasteiger partial charge on any atom is -0.466 e. The normalized spacial score (nSPS) is 10.6. The van der Waals surface area contributed by atoms with Gasteiger partial charge < -0.3 is 10.1 Å². The summed E-state index contributed by atoms with van der Waals surface area (Å²) >= 11 is 1.30. The molecule has 1 amide bonds. The van der Waals surface area contributed by atoms with Crippen molar-refractivity contribution in [3.8, 4) is 0 Å². The summed E-state index contributed by atoms with van der Waals surface area (Å²) in [6.07, 6.45) is 4.04. The van der Waals surface area contributed by atoms with Crippen molar-refractivity contribution in [2.45, 2.75) is 26.7 Å². The van der Waals surface area contributed by atoms with E-state index in [2.05, 4.69) is 10.3 Å². The molecule has 1 aromatic rings. The largest absolute Gasteiger partial charge is 0.466 e. The quantitative estimate of drug-likeness (QED) is 0.634. The van der Waals surface area contributed by atoms with Crippen molar-refractivity contribution in [2.75, 3.05) is 11.9 Å². The second-order valence-corrected chi connectivity index (χ2v) is 4.31. The maximum absolute atomic E-state index is 11.4. The number of nitrogens with one attached hydrogen (secondary N) is 1. The van der Waals surface area contributed by atoms with Crippen LogP contribution in [0.1, 0.15) is 26.0 Å². The van der Waals surface area contributed by atoms with Crippen LogP contribution in [0.15, 0.2) is 17.5 Å².